The first-order valence-corrected chi connectivity index (χ1v) is 31.6. The van der Waals surface area contributed by atoms with Gasteiger partial charge in [-0.3, -0.25) is 9.59 Å². The van der Waals surface area contributed by atoms with Gasteiger partial charge in [-0.2, -0.15) is 11.8 Å². The highest BCUT2D eigenvalue weighted by Crippen LogP contribution is 2.63. The average Bonchev–Trinajstić information content (AvgIpc) is 0.983. The lowest BCUT2D eigenvalue weighted by Crippen LogP contribution is -2.86. The van der Waals surface area contributed by atoms with Crippen molar-refractivity contribution in [2.45, 2.75) is 298 Å². The number of urea groups is 1. The van der Waals surface area contributed by atoms with E-state index < -0.39 is 170 Å². The minimum atomic E-state index is -2.21. The Balaban J connectivity index is 1.24. The molecule has 24 nitrogen and oxygen atoms in total. The van der Waals surface area contributed by atoms with Crippen molar-refractivity contribution in [3.8, 4) is 0 Å². The standard InChI is InChI=1S/C62H111N3O21S/c1-37(68)65-53(14)47(8,55(16,72)48(9,29-66)86-62(53,23)82-40(69)27-25-24-26-39-41-38(28-87-39)63-42(70)64-41)33-81-35-51(12)59(20,76)56(17,73)45(6,43(2,3)83-51)31-79-34-50(11)46(7,57(18,74)58(19,75)49(10,30-67)85-50)32-80-36-52(13)60(21,77)61(22,78)54(15,71)44(4,5)84-52/h38-39,41,66-67,71-78H,24-36H2,1-23H3,(H,65,68)(H2,63,64,70)/t38-,39?,41-,45?,46?,47?,48?,49?,50?,51?,52?,53?,54?,55?,56?,57?,58?,59?,60?,61?,62?/m0/s1. The molecular weight excluding hydrogens is 1150 g/mol. The highest BCUT2D eigenvalue weighted by molar-refractivity contribution is 8.00. The number of rotatable bonds is 21. The molecule has 6 saturated heterocycles. The van der Waals surface area contributed by atoms with Crippen LogP contribution in [0.3, 0.4) is 0 Å². The zero-order valence-electron chi connectivity index (χ0n) is 56.3. The predicted octanol–water partition coefficient (Wildman–Crippen LogP) is 2.40. The van der Waals surface area contributed by atoms with E-state index in [9.17, 15) is 65.4 Å². The third-order valence-electron chi connectivity index (χ3n) is 25.3. The Bertz CT molecular complexity index is 2600. The number of esters is 1. The summed E-state index contributed by atoms with van der Waals surface area (Å²) in [5.74, 6) is -2.51. The molecule has 3 amide bonds. The summed E-state index contributed by atoms with van der Waals surface area (Å²) in [6.45, 7) is 30.3. The maximum absolute atomic E-state index is 14.0. The highest BCUT2D eigenvalue weighted by Gasteiger charge is 2.79. The Kier molecular flexibility index (Phi) is 18.9. The second-order valence-electron chi connectivity index (χ2n) is 31.0. The van der Waals surface area contributed by atoms with Crippen molar-refractivity contribution < 1.29 is 103 Å². The number of carbonyl (C=O) groups excluding carboxylic acids is 3. The van der Waals surface area contributed by atoms with E-state index in [-0.39, 0.29) is 36.4 Å². The molecule has 6 aliphatic rings. The molecule has 0 saturated carbocycles. The number of carbonyl (C=O) groups is 3. The summed E-state index contributed by atoms with van der Waals surface area (Å²) in [4.78, 5) is 39.2. The molecule has 21 atom stereocenters. The van der Waals surface area contributed by atoms with Crippen molar-refractivity contribution in [1.29, 1.82) is 0 Å². The van der Waals surface area contributed by atoms with E-state index in [0.29, 0.717) is 12.8 Å². The highest BCUT2D eigenvalue weighted by atomic mass is 32.2. The quantitative estimate of drug-likeness (QED) is 0.0446. The van der Waals surface area contributed by atoms with Gasteiger partial charge in [-0.15, -0.1) is 0 Å². The summed E-state index contributed by atoms with van der Waals surface area (Å²) in [6.07, 6.45) is 1.79. The van der Waals surface area contributed by atoms with Crippen LogP contribution >= 0.6 is 11.8 Å². The molecule has 0 radical (unpaired) electrons. The number of amides is 3. The Morgan fingerprint density at radius 3 is 1.45 bits per heavy atom. The number of thioether (sulfide) groups is 1. The van der Waals surface area contributed by atoms with Crippen LogP contribution in [0.1, 0.15) is 185 Å². The molecule has 0 aromatic carbocycles. The molecule has 0 aliphatic carbocycles. The van der Waals surface area contributed by atoms with E-state index >= 15 is 0 Å². The minimum Gasteiger partial charge on any atom is -0.431 e. The van der Waals surface area contributed by atoms with E-state index in [4.69, 9.17) is 37.9 Å². The number of unbranched alkanes of at least 4 members (excludes halogenated alkanes) is 1. The smallest absolute Gasteiger partial charge is 0.315 e. The summed E-state index contributed by atoms with van der Waals surface area (Å²) in [5, 5.41) is 130. The van der Waals surface area contributed by atoms with Gasteiger partial charge in [0.15, 0.2) is 0 Å². The Morgan fingerprint density at radius 1 is 0.506 bits per heavy atom. The fourth-order valence-electron chi connectivity index (χ4n) is 15.6. The molecule has 25 heteroatoms. The summed E-state index contributed by atoms with van der Waals surface area (Å²) in [7, 11) is 0. The van der Waals surface area contributed by atoms with Crippen molar-refractivity contribution in [3.05, 3.63) is 0 Å². The maximum Gasteiger partial charge on any atom is 0.315 e. The van der Waals surface area contributed by atoms with E-state index in [2.05, 4.69) is 16.0 Å². The molecule has 87 heavy (non-hydrogen) atoms. The van der Waals surface area contributed by atoms with Gasteiger partial charge >= 0.3 is 12.0 Å². The van der Waals surface area contributed by atoms with Crippen LogP contribution in [0.15, 0.2) is 0 Å². The van der Waals surface area contributed by atoms with Crippen LogP contribution in [0.2, 0.25) is 0 Å². The number of aliphatic hydroxyl groups excluding tert-OH is 2. The van der Waals surface area contributed by atoms with Crippen LogP contribution in [-0.2, 0) is 47.5 Å². The first-order valence-electron chi connectivity index (χ1n) is 30.6. The largest absolute Gasteiger partial charge is 0.431 e. The van der Waals surface area contributed by atoms with Gasteiger partial charge < -0.3 is 105 Å². The van der Waals surface area contributed by atoms with Gasteiger partial charge in [-0.05, 0) is 137 Å². The Morgan fingerprint density at radius 2 is 0.943 bits per heavy atom. The van der Waals surface area contributed by atoms with Crippen molar-refractivity contribution in [3.63, 3.8) is 0 Å². The number of aliphatic hydroxyl groups is 10. The van der Waals surface area contributed by atoms with E-state index in [1.165, 1.54) is 90.0 Å². The molecular formula is C62H111N3O21S. The molecule has 6 fully saturated rings. The van der Waals surface area contributed by atoms with Crippen LogP contribution in [0.5, 0.6) is 0 Å². The van der Waals surface area contributed by atoms with Crippen LogP contribution in [0.25, 0.3) is 0 Å². The number of hydrogen-bond acceptors (Lipinski definition) is 22. The number of ether oxygens (including phenoxy) is 8. The molecule has 506 valence electrons. The van der Waals surface area contributed by atoms with Crippen molar-refractivity contribution in [2.24, 2.45) is 16.2 Å². The average molecular weight is 1270 g/mol. The SMILES string of the molecule is CC(=O)NC1(C)C(C)(OC(=O)CCCCC2SC[C@@H]3NC(=O)N[C@H]23)OC(C)(CO)C(C)(O)C1(C)COCC1(C)OC(C)(C)C(C)(COCC2(C)OC(C)(CO)C(C)(O)C(C)(O)C2(C)COCC2(C)OC(C)(C)C(C)(O)C(C)(O)C2(C)O)C(C)(O)C1(C)O. The lowest BCUT2D eigenvalue weighted by atomic mass is 9.52. The normalized spacial score (nSPS) is 52.0. The third kappa shape index (κ3) is 10.3. The lowest BCUT2D eigenvalue weighted by Gasteiger charge is -2.69. The second-order valence-corrected chi connectivity index (χ2v) is 32.3. The fourth-order valence-corrected chi connectivity index (χ4v) is 17.2. The molecule has 0 aromatic rings. The summed E-state index contributed by atoms with van der Waals surface area (Å²) in [5.41, 5.74) is -35.4. The van der Waals surface area contributed by atoms with Gasteiger partial charge in [-0.1, -0.05) is 27.2 Å². The fraction of sp³-hybridized carbons (Fsp3) is 0.952. The summed E-state index contributed by atoms with van der Waals surface area (Å²) in [6, 6.07) is -0.135. The zero-order chi connectivity index (χ0) is 67.1. The second kappa shape index (κ2) is 22.3. The van der Waals surface area contributed by atoms with Gasteiger partial charge in [-0.25, -0.2) is 4.79 Å². The maximum atomic E-state index is 14.0. The molecule has 6 aliphatic heterocycles. The van der Waals surface area contributed by atoms with E-state index in [1.54, 1.807) is 81.0 Å². The van der Waals surface area contributed by atoms with Crippen molar-refractivity contribution in [2.75, 3.05) is 58.6 Å². The zero-order valence-corrected chi connectivity index (χ0v) is 57.1. The van der Waals surface area contributed by atoms with E-state index in [0.717, 1.165) is 12.2 Å². The molecule has 13 N–H and O–H groups in total. The third-order valence-corrected chi connectivity index (χ3v) is 26.9. The number of hydrogen-bond donors (Lipinski definition) is 13. The molecule has 19 unspecified atom stereocenters. The predicted molar refractivity (Wildman–Crippen MR) is 321 cm³/mol. The van der Waals surface area contributed by atoms with Gasteiger partial charge in [0.05, 0.1) is 92.4 Å². The number of nitrogens with one attached hydrogen (secondary N) is 3. The first kappa shape index (κ1) is 73.9. The summed E-state index contributed by atoms with van der Waals surface area (Å²) >= 11 is 1.76. The van der Waals surface area contributed by atoms with Gasteiger partial charge in [0, 0.05) is 31.3 Å². The Hall–Kier alpha value is -2.12. The molecule has 0 bridgehead atoms. The van der Waals surface area contributed by atoms with Crippen LogP contribution in [0.4, 0.5) is 4.79 Å². The Labute approximate surface area is 519 Å². The topological polar surface area (TPSA) is 363 Å². The monoisotopic (exact) mass is 1270 g/mol. The van der Waals surface area contributed by atoms with Crippen LogP contribution in [0, 0.1) is 16.2 Å². The molecule has 0 aromatic heterocycles. The van der Waals surface area contributed by atoms with E-state index in [1.807, 2.05) is 0 Å². The molecule has 0 spiro atoms. The minimum absolute atomic E-state index is 0.0000401. The van der Waals surface area contributed by atoms with Gasteiger partial charge in [0.2, 0.25) is 11.7 Å². The van der Waals surface area contributed by atoms with Crippen LogP contribution < -0.4 is 16.0 Å². The van der Waals surface area contributed by atoms with Crippen molar-refractivity contribution in [1.82, 2.24) is 16.0 Å². The molecule has 6 rings (SSSR count). The van der Waals surface area contributed by atoms with Gasteiger partial charge in [0.1, 0.15) is 78.4 Å². The lowest BCUT2D eigenvalue weighted by molar-refractivity contribution is -0.417. The van der Waals surface area contributed by atoms with Gasteiger partial charge in [0.25, 0.3) is 0 Å². The molecule has 6 heterocycles. The van der Waals surface area contributed by atoms with Crippen LogP contribution in [-0.4, -0.2) is 240 Å². The number of fused-ring (bicyclic) bond motifs is 1. The first-order chi connectivity index (χ1) is 38.8. The van der Waals surface area contributed by atoms with Crippen molar-refractivity contribution >= 4 is 29.7 Å². The summed E-state index contributed by atoms with van der Waals surface area (Å²) < 4.78 is 52.6.